The lowest BCUT2D eigenvalue weighted by atomic mass is 9.99. The summed E-state index contributed by atoms with van der Waals surface area (Å²) >= 11 is 1.57. The fourth-order valence-electron chi connectivity index (χ4n) is 5.09. The third-order valence-electron chi connectivity index (χ3n) is 7.41. The molecule has 1 fully saturated rings. The van der Waals surface area contributed by atoms with E-state index < -0.39 is 12.4 Å². The highest BCUT2D eigenvalue weighted by atomic mass is 32.2. The Morgan fingerprint density at radius 2 is 1.79 bits per heavy atom. The summed E-state index contributed by atoms with van der Waals surface area (Å²) in [4.78, 5) is 24.0. The fraction of sp³-hybridized carbons (Fsp3) is 0.294. The summed E-state index contributed by atoms with van der Waals surface area (Å²) in [6, 6.07) is 18.5. The Bertz CT molecular complexity index is 1770. The number of rotatable bonds is 8. The van der Waals surface area contributed by atoms with Crippen molar-refractivity contribution in [3.8, 4) is 28.6 Å². The monoisotopic (exact) mass is 664 g/mol. The molecule has 1 saturated heterocycles. The van der Waals surface area contributed by atoms with Gasteiger partial charge in [0.25, 0.3) is 0 Å². The molecule has 1 atom stereocenters. The van der Waals surface area contributed by atoms with Gasteiger partial charge in [0.05, 0.1) is 12.8 Å². The first-order valence-electron chi connectivity index (χ1n) is 15.0. The molecule has 0 bridgehead atoms. The first kappa shape index (κ1) is 33.6. The number of hydrogen-bond donors (Lipinski definition) is 1. The molecule has 9 nitrogen and oxygen atoms in total. The van der Waals surface area contributed by atoms with Crippen LogP contribution in [0.2, 0.25) is 0 Å². The number of carbonyl (C=O) groups is 1. The number of aromatic nitrogens is 3. The van der Waals surface area contributed by atoms with E-state index >= 15 is 0 Å². The maximum atomic E-state index is 13.1. The molecule has 5 rings (SSSR count). The summed E-state index contributed by atoms with van der Waals surface area (Å²) < 4.78 is 48.2. The van der Waals surface area contributed by atoms with E-state index in [4.69, 9.17) is 4.74 Å². The summed E-state index contributed by atoms with van der Waals surface area (Å²) in [7, 11) is 1.65. The van der Waals surface area contributed by atoms with Crippen molar-refractivity contribution < 1.29 is 27.4 Å². The molecule has 0 radical (unpaired) electrons. The zero-order chi connectivity index (χ0) is 33.7. The highest BCUT2D eigenvalue weighted by molar-refractivity contribution is 8.14. The predicted molar refractivity (Wildman–Crippen MR) is 179 cm³/mol. The van der Waals surface area contributed by atoms with Gasteiger partial charge in [0.1, 0.15) is 17.8 Å². The highest BCUT2D eigenvalue weighted by Crippen LogP contribution is 2.37. The fourth-order valence-corrected chi connectivity index (χ4v) is 6.30. The normalized spacial score (nSPS) is 16.4. The summed E-state index contributed by atoms with van der Waals surface area (Å²) in [5, 5.41) is 7.97. The third kappa shape index (κ3) is 8.53. The first-order chi connectivity index (χ1) is 22.4. The second-order valence-corrected chi connectivity index (χ2v) is 12.3. The van der Waals surface area contributed by atoms with E-state index in [0.717, 1.165) is 40.3 Å². The number of anilines is 1. The van der Waals surface area contributed by atoms with Gasteiger partial charge in [-0.2, -0.15) is 4.99 Å². The average Bonchev–Trinajstić information content (AvgIpc) is 3.51. The van der Waals surface area contributed by atoms with Crippen molar-refractivity contribution in [1.29, 1.82) is 0 Å². The molecular formula is C34H35F3N6O3S. The van der Waals surface area contributed by atoms with E-state index in [0.29, 0.717) is 22.4 Å². The molecular weight excluding hydrogens is 629 g/mol. The van der Waals surface area contributed by atoms with Crippen LogP contribution in [0.1, 0.15) is 51.2 Å². The molecule has 47 heavy (non-hydrogen) atoms. The van der Waals surface area contributed by atoms with Crippen molar-refractivity contribution in [2.24, 2.45) is 4.99 Å². The molecule has 1 N–H and O–H groups in total. The molecule has 3 aromatic carbocycles. The largest absolute Gasteiger partial charge is 0.573 e. The van der Waals surface area contributed by atoms with Gasteiger partial charge in [-0.15, -0.1) is 18.3 Å². The number of urea groups is 1. The van der Waals surface area contributed by atoms with Crippen LogP contribution in [0.3, 0.4) is 0 Å². The summed E-state index contributed by atoms with van der Waals surface area (Å²) in [6.07, 6.45) is -0.470. The zero-order valence-electron chi connectivity index (χ0n) is 26.6. The molecule has 4 aromatic rings. The number of ether oxygens (including phenoxy) is 2. The molecule has 1 unspecified atom stereocenters. The number of nitrogens with zero attached hydrogens (tertiary/aromatic N) is 5. The minimum absolute atomic E-state index is 0.170. The summed E-state index contributed by atoms with van der Waals surface area (Å²) in [5.74, 6) is 2.03. The molecule has 1 aliphatic heterocycles. The minimum Gasteiger partial charge on any atom is -0.497 e. The number of hydrogen-bond acceptors (Lipinski definition) is 6. The Kier molecular flexibility index (Phi) is 10.2. The molecule has 0 saturated carbocycles. The Morgan fingerprint density at radius 3 is 2.45 bits per heavy atom. The van der Waals surface area contributed by atoms with Gasteiger partial charge in [-0.05, 0) is 85.9 Å². The maximum absolute atomic E-state index is 13.1. The van der Waals surface area contributed by atoms with Crippen molar-refractivity contribution >= 4 is 34.7 Å². The van der Waals surface area contributed by atoms with E-state index in [1.165, 1.54) is 35.3 Å². The topological polar surface area (TPSA) is 93.9 Å². The lowest BCUT2D eigenvalue weighted by molar-refractivity contribution is -0.274. The highest BCUT2D eigenvalue weighted by Gasteiger charge is 2.31. The first-order valence-corrected chi connectivity index (χ1v) is 15.9. The number of halogens is 3. The lowest BCUT2D eigenvalue weighted by Crippen LogP contribution is -2.42. The number of carbonyl (C=O) groups excluding carboxylic acids is 1. The van der Waals surface area contributed by atoms with Crippen LogP contribution in [-0.4, -0.2) is 51.2 Å². The second kappa shape index (κ2) is 14.3. The van der Waals surface area contributed by atoms with Crippen LogP contribution in [0, 0.1) is 0 Å². The Balaban J connectivity index is 1.26. The molecule has 0 aliphatic carbocycles. The van der Waals surface area contributed by atoms with E-state index in [2.05, 4.69) is 50.8 Å². The van der Waals surface area contributed by atoms with Gasteiger partial charge >= 0.3 is 12.4 Å². The molecule has 2 amide bonds. The number of alkyl halides is 3. The van der Waals surface area contributed by atoms with Crippen molar-refractivity contribution in [3.63, 3.8) is 0 Å². The summed E-state index contributed by atoms with van der Waals surface area (Å²) in [5.41, 5.74) is 4.89. The lowest BCUT2D eigenvalue weighted by Gasteiger charge is -2.37. The third-order valence-corrected chi connectivity index (χ3v) is 8.40. The van der Waals surface area contributed by atoms with E-state index in [-0.39, 0.29) is 17.7 Å². The zero-order valence-corrected chi connectivity index (χ0v) is 27.4. The predicted octanol–water partition coefficient (Wildman–Crippen LogP) is 8.42. The van der Waals surface area contributed by atoms with Gasteiger partial charge in [0.15, 0.2) is 11.0 Å². The number of aliphatic imine (C=N–C) groups is 1. The molecule has 0 spiro atoms. The smallest absolute Gasteiger partial charge is 0.497 e. The second-order valence-electron chi connectivity index (χ2n) is 11.3. The maximum Gasteiger partial charge on any atom is 0.573 e. The Morgan fingerprint density at radius 1 is 1.09 bits per heavy atom. The summed E-state index contributed by atoms with van der Waals surface area (Å²) in [6.45, 7) is 8.21. The number of thioether (sulfide) groups is 1. The molecule has 246 valence electrons. The number of amidine groups is 1. The Hall–Kier alpha value is -4.78. The van der Waals surface area contributed by atoms with Crippen molar-refractivity contribution in [2.45, 2.75) is 52.4 Å². The van der Waals surface area contributed by atoms with Crippen molar-refractivity contribution in [3.05, 3.63) is 89.9 Å². The molecule has 2 heterocycles. The van der Waals surface area contributed by atoms with Crippen LogP contribution in [0.15, 0.2) is 83.7 Å². The quantitative estimate of drug-likeness (QED) is 0.202. The Labute approximate surface area is 275 Å². The van der Waals surface area contributed by atoms with Gasteiger partial charge in [-0.25, -0.2) is 14.5 Å². The van der Waals surface area contributed by atoms with Crippen LogP contribution in [0.25, 0.3) is 23.2 Å². The van der Waals surface area contributed by atoms with Gasteiger partial charge in [-0.1, -0.05) is 49.9 Å². The standard InChI is InChI=1S/C34H35F3N6O3S/c1-21(2)29-19-28(45-5)14-15-30(29)43-23(4)16-17-47-33(43)40-32(44)39-22(3)18-24-6-8-25(9-7-24)31-38-20-42(41-31)26-10-12-27(13-11-26)46-34(35,36)37/h6-15,18-21,23H,16-17H2,1-5H3,(H,39,44)/b22-18+,40-33?. The number of allylic oxidation sites excluding steroid dienone is 1. The van der Waals surface area contributed by atoms with Crippen LogP contribution >= 0.6 is 11.8 Å². The van der Waals surface area contributed by atoms with Gasteiger partial charge < -0.3 is 19.7 Å². The van der Waals surface area contributed by atoms with Crippen LogP contribution in [0.5, 0.6) is 11.5 Å². The molecule has 1 aromatic heterocycles. The number of nitrogens with one attached hydrogen (secondary N) is 1. The van der Waals surface area contributed by atoms with Crippen LogP contribution < -0.4 is 19.7 Å². The van der Waals surface area contributed by atoms with Gasteiger partial charge in [0, 0.05) is 28.7 Å². The van der Waals surface area contributed by atoms with Gasteiger partial charge in [0.2, 0.25) is 0 Å². The number of benzene rings is 3. The van der Waals surface area contributed by atoms with Crippen molar-refractivity contribution in [1.82, 2.24) is 20.1 Å². The minimum atomic E-state index is -4.76. The van der Waals surface area contributed by atoms with Crippen LogP contribution in [0.4, 0.5) is 23.7 Å². The molecule has 1 aliphatic rings. The van der Waals surface area contributed by atoms with Crippen LogP contribution in [-0.2, 0) is 0 Å². The molecule has 13 heteroatoms. The number of methoxy groups -OCH3 is 1. The van der Waals surface area contributed by atoms with E-state index in [9.17, 15) is 18.0 Å². The van der Waals surface area contributed by atoms with E-state index in [1.807, 2.05) is 48.5 Å². The van der Waals surface area contributed by atoms with Crippen molar-refractivity contribution in [2.75, 3.05) is 17.8 Å². The SMILES string of the molecule is COc1ccc(N2C(=NC(=O)N/C(C)=C/c3ccc(-c4ncn(-c5ccc(OC(F)(F)F)cc5)n4)cc3)SCCC2C)c(C(C)C)c1. The van der Waals surface area contributed by atoms with Gasteiger partial charge in [-0.3, -0.25) is 0 Å². The average molecular weight is 665 g/mol. The number of amides is 2. The van der Waals surface area contributed by atoms with E-state index in [1.54, 1.807) is 25.8 Å².